The van der Waals surface area contributed by atoms with Gasteiger partial charge in [-0.25, -0.2) is 4.98 Å². The number of nitriles is 1. The van der Waals surface area contributed by atoms with E-state index in [-0.39, 0.29) is 42.8 Å². The second-order valence-electron chi connectivity index (χ2n) is 18.6. The number of nitrogens with one attached hydrogen (secondary N) is 4. The molecule has 3 aliphatic rings. The molecule has 19 heteroatoms. The molecular formula is C49H59ClN12O5S. The van der Waals surface area contributed by atoms with E-state index in [4.69, 9.17) is 21.6 Å². The number of nitrogens with zero attached hydrogens (tertiary/aromatic N) is 8. The average Bonchev–Trinajstić information content (AvgIpc) is 4.18. The van der Waals surface area contributed by atoms with Crippen molar-refractivity contribution in [3.05, 3.63) is 111 Å². The first-order valence-corrected chi connectivity index (χ1v) is 24.3. The van der Waals surface area contributed by atoms with E-state index in [0.29, 0.717) is 42.6 Å². The Morgan fingerprint density at radius 3 is 2.51 bits per heavy atom. The maximum Gasteiger partial charge on any atom is 0.272 e. The summed E-state index contributed by atoms with van der Waals surface area (Å²) in [5, 5.41) is 41.6. The summed E-state index contributed by atoms with van der Waals surface area (Å²) in [6, 6.07) is 17.1. The molecule has 0 unspecified atom stereocenters. The highest BCUT2D eigenvalue weighted by molar-refractivity contribution is 7.13. The predicted molar refractivity (Wildman–Crippen MR) is 259 cm³/mol. The van der Waals surface area contributed by atoms with Crippen LogP contribution in [0, 0.1) is 23.7 Å². The Bertz CT molecular complexity index is 2660. The maximum atomic E-state index is 14.1. The molecule has 6 heterocycles. The van der Waals surface area contributed by atoms with E-state index >= 15 is 0 Å². The standard InChI is InChI=1S/C49H59ClN12O5S/c1-30(25-61-13-12-41(58-61)35-10-11-36(24-51)40(50)20-35)53-46(64)42-21-37(56-57-42)26-60-16-14-59(15-17-60)18-19-67-28-38-23-49(4,5)45(55-38)48(66)62-27-39(63)22-43(62)47(65)54-31(2)33-6-8-34(9-7-33)44-32(3)52-29-68-44/h6-13,20-21,23,29-31,39,43,45,55,63H,14-19,22,25-28H2,1-5H3,(H,53,64)(H,54,65)(H,56,57)/t30-,31-,39+,43-,45+/m0/s1. The van der Waals surface area contributed by atoms with Gasteiger partial charge in [-0.2, -0.15) is 15.5 Å². The zero-order valence-electron chi connectivity index (χ0n) is 39.0. The number of aliphatic hydroxyl groups excluding tert-OH is 1. The van der Waals surface area contributed by atoms with Gasteiger partial charge in [0.05, 0.1) is 70.0 Å². The van der Waals surface area contributed by atoms with Crippen molar-refractivity contribution in [1.29, 1.82) is 5.26 Å². The Labute approximate surface area is 405 Å². The van der Waals surface area contributed by atoms with Gasteiger partial charge in [0.1, 0.15) is 23.8 Å². The van der Waals surface area contributed by atoms with Crippen LogP contribution in [0.15, 0.2) is 78.1 Å². The van der Waals surface area contributed by atoms with Crippen LogP contribution in [-0.4, -0.2) is 139 Å². The van der Waals surface area contributed by atoms with E-state index in [1.54, 1.807) is 34.2 Å². The Kier molecular flexibility index (Phi) is 15.1. The second-order valence-corrected chi connectivity index (χ2v) is 19.9. The van der Waals surface area contributed by atoms with Crippen molar-refractivity contribution in [3.8, 4) is 27.8 Å². The van der Waals surface area contributed by atoms with Crippen LogP contribution in [0.2, 0.25) is 5.02 Å². The maximum absolute atomic E-state index is 14.1. The van der Waals surface area contributed by atoms with Gasteiger partial charge >= 0.3 is 0 Å². The number of halogens is 1. The lowest BCUT2D eigenvalue weighted by Gasteiger charge is -2.34. The first-order valence-electron chi connectivity index (χ1n) is 23.0. The molecule has 0 aliphatic carbocycles. The molecule has 8 rings (SSSR count). The summed E-state index contributed by atoms with van der Waals surface area (Å²) in [6.07, 6.45) is 3.27. The van der Waals surface area contributed by atoms with Gasteiger partial charge in [-0.3, -0.25) is 34.0 Å². The number of β-amino-alcohol motifs (C(OH)–C–C–N with tert-alkyl or cyclic N) is 1. The molecule has 17 nitrogen and oxygen atoms in total. The quantitative estimate of drug-likeness (QED) is 0.0789. The fourth-order valence-electron chi connectivity index (χ4n) is 9.13. The molecular weight excluding hydrogens is 904 g/mol. The Balaban J connectivity index is 0.729. The zero-order chi connectivity index (χ0) is 48.1. The molecule has 3 amide bonds. The average molecular weight is 964 g/mol. The molecule has 5 aromatic rings. The largest absolute Gasteiger partial charge is 0.391 e. The van der Waals surface area contributed by atoms with Crippen molar-refractivity contribution in [2.45, 2.75) is 84.4 Å². The third kappa shape index (κ3) is 11.5. The fourth-order valence-corrected chi connectivity index (χ4v) is 10.2. The van der Waals surface area contributed by atoms with E-state index in [1.165, 1.54) is 4.90 Å². The van der Waals surface area contributed by atoms with Crippen molar-refractivity contribution >= 4 is 40.7 Å². The van der Waals surface area contributed by atoms with Gasteiger partial charge in [0, 0.05) is 81.1 Å². The molecule has 0 radical (unpaired) electrons. The van der Waals surface area contributed by atoms with E-state index in [9.17, 15) is 19.5 Å². The van der Waals surface area contributed by atoms with E-state index in [1.807, 2.05) is 88.8 Å². The normalized spacial score (nSPS) is 20.4. The number of hydrogen-bond acceptors (Lipinski definition) is 13. The van der Waals surface area contributed by atoms with E-state index in [2.05, 4.69) is 52.1 Å². The van der Waals surface area contributed by atoms with Crippen LogP contribution in [0.1, 0.15) is 73.2 Å². The molecule has 0 saturated carbocycles. The summed E-state index contributed by atoms with van der Waals surface area (Å²) in [7, 11) is 0. The van der Waals surface area contributed by atoms with Crippen LogP contribution in [0.4, 0.5) is 0 Å². The van der Waals surface area contributed by atoms with Crippen molar-refractivity contribution in [2.24, 2.45) is 5.41 Å². The van der Waals surface area contributed by atoms with Crippen LogP contribution < -0.4 is 16.0 Å². The van der Waals surface area contributed by atoms with Gasteiger partial charge < -0.3 is 30.7 Å². The molecule has 2 aromatic carbocycles. The first kappa shape index (κ1) is 48.5. The molecule has 0 spiro atoms. The highest BCUT2D eigenvalue weighted by Crippen LogP contribution is 2.34. The number of rotatable bonds is 17. The number of carbonyl (C=O) groups excluding carboxylic acids is 3. The summed E-state index contributed by atoms with van der Waals surface area (Å²) in [5.41, 5.74) is 8.24. The molecule has 2 saturated heterocycles. The summed E-state index contributed by atoms with van der Waals surface area (Å²) >= 11 is 7.80. The topological polar surface area (TPSA) is 210 Å². The van der Waals surface area contributed by atoms with Gasteiger partial charge in [-0.1, -0.05) is 61.9 Å². The third-order valence-corrected chi connectivity index (χ3v) is 14.2. The highest BCUT2D eigenvalue weighted by Gasteiger charge is 2.47. The van der Waals surface area contributed by atoms with Gasteiger partial charge in [-0.15, -0.1) is 11.3 Å². The molecule has 358 valence electrons. The van der Waals surface area contributed by atoms with Gasteiger partial charge in [0.25, 0.3) is 5.91 Å². The van der Waals surface area contributed by atoms with Crippen molar-refractivity contribution in [3.63, 3.8) is 0 Å². The van der Waals surface area contributed by atoms with Crippen LogP contribution in [0.5, 0.6) is 0 Å². The van der Waals surface area contributed by atoms with E-state index < -0.39 is 23.6 Å². The van der Waals surface area contributed by atoms with E-state index in [0.717, 1.165) is 77.1 Å². The molecule has 5 N–H and O–H groups in total. The minimum Gasteiger partial charge on any atom is -0.391 e. The molecule has 0 bridgehead atoms. The van der Waals surface area contributed by atoms with Crippen LogP contribution in [-0.2, 0) is 27.4 Å². The lowest BCUT2D eigenvalue weighted by molar-refractivity contribution is -0.141. The number of amides is 3. The van der Waals surface area contributed by atoms with Gasteiger partial charge in [0.15, 0.2) is 0 Å². The van der Waals surface area contributed by atoms with Crippen molar-refractivity contribution < 1.29 is 24.2 Å². The lowest BCUT2D eigenvalue weighted by Crippen LogP contribution is -2.54. The van der Waals surface area contributed by atoms with Gasteiger partial charge in [-0.05, 0) is 56.2 Å². The zero-order valence-corrected chi connectivity index (χ0v) is 40.6. The van der Waals surface area contributed by atoms with Crippen molar-refractivity contribution in [2.75, 3.05) is 52.5 Å². The summed E-state index contributed by atoms with van der Waals surface area (Å²) in [5.74, 6) is -0.772. The van der Waals surface area contributed by atoms with Crippen LogP contribution in [0.25, 0.3) is 21.7 Å². The number of aryl methyl sites for hydroxylation is 1. The molecule has 3 aliphatic heterocycles. The molecule has 68 heavy (non-hydrogen) atoms. The predicted octanol–water partition coefficient (Wildman–Crippen LogP) is 4.90. The number of carbonyl (C=O) groups is 3. The Morgan fingerprint density at radius 2 is 1.79 bits per heavy atom. The second kappa shape index (κ2) is 21.1. The number of piperazine rings is 1. The number of H-pyrrole nitrogens is 1. The van der Waals surface area contributed by atoms with Crippen LogP contribution >= 0.6 is 22.9 Å². The SMILES string of the molecule is Cc1ncsc1-c1ccc([C@H](C)NC(=O)[C@@H]2C[C@@H](O)CN2C(=O)[C@H]2NC(COCCN3CCN(Cc4cc(C(=O)N[C@@H](C)Cn5ccc(-c6ccc(C#N)c(Cl)c6)n5)n[nH]4)CC3)=CC2(C)C)cc1. The summed E-state index contributed by atoms with van der Waals surface area (Å²) in [6.45, 7) is 16.1. The number of benzene rings is 2. The number of hydrogen-bond donors (Lipinski definition) is 5. The van der Waals surface area contributed by atoms with Gasteiger partial charge in [0.2, 0.25) is 11.8 Å². The fraction of sp³-hybridized carbons (Fsp3) is 0.449. The number of likely N-dealkylation sites (tertiary alicyclic amines) is 1. The van der Waals surface area contributed by atoms with Crippen molar-refractivity contribution in [1.82, 2.24) is 55.6 Å². The molecule has 3 aromatic heterocycles. The lowest BCUT2D eigenvalue weighted by atomic mass is 9.85. The smallest absolute Gasteiger partial charge is 0.272 e. The molecule has 5 atom stereocenters. The first-order chi connectivity index (χ1) is 32.6. The number of ether oxygens (including phenoxy) is 1. The number of thiazole rings is 1. The number of aromatic amines is 1. The number of aromatic nitrogens is 5. The summed E-state index contributed by atoms with van der Waals surface area (Å²) in [4.78, 5) is 52.5. The minimum atomic E-state index is -0.791. The Morgan fingerprint density at radius 1 is 1.04 bits per heavy atom. The summed E-state index contributed by atoms with van der Waals surface area (Å²) < 4.78 is 7.87. The van der Waals surface area contributed by atoms with Crippen LogP contribution in [0.3, 0.4) is 0 Å². The number of aliphatic hydroxyl groups is 1. The molecule has 2 fully saturated rings. The third-order valence-electron chi connectivity index (χ3n) is 12.9. The highest BCUT2D eigenvalue weighted by atomic mass is 35.5. The Hall–Kier alpha value is -5.94. The minimum absolute atomic E-state index is 0.0950. The monoisotopic (exact) mass is 962 g/mol.